The van der Waals surface area contributed by atoms with E-state index in [1.807, 2.05) is 26.2 Å². The van der Waals surface area contributed by atoms with Gasteiger partial charge in [-0.2, -0.15) is 10.2 Å². The zero-order valence-electron chi connectivity index (χ0n) is 9.08. The summed E-state index contributed by atoms with van der Waals surface area (Å²) in [5.41, 5.74) is 1.72. The number of rotatable bonds is 3. The minimum atomic E-state index is -1.01. The Balaban J connectivity index is 2.24. The summed E-state index contributed by atoms with van der Waals surface area (Å²) in [5.74, 6) is -1.01. The second-order valence-corrected chi connectivity index (χ2v) is 3.61. The Morgan fingerprint density at radius 2 is 2.25 bits per heavy atom. The number of hydrogen-bond donors (Lipinski definition) is 1. The van der Waals surface area contributed by atoms with Gasteiger partial charge < -0.3 is 5.11 Å². The van der Waals surface area contributed by atoms with Crippen molar-refractivity contribution in [2.24, 2.45) is 7.05 Å². The lowest BCUT2D eigenvalue weighted by Crippen LogP contribution is -2.06. The van der Waals surface area contributed by atoms with E-state index in [0.717, 1.165) is 11.4 Å². The molecule has 2 heterocycles. The maximum Gasteiger partial charge on any atom is 0.356 e. The first-order chi connectivity index (χ1) is 7.56. The molecule has 0 unspecified atom stereocenters. The van der Waals surface area contributed by atoms with Crippen LogP contribution in [0.15, 0.2) is 18.3 Å². The summed E-state index contributed by atoms with van der Waals surface area (Å²) in [6, 6.07) is 3.42. The molecule has 0 saturated heterocycles. The molecule has 0 spiro atoms. The van der Waals surface area contributed by atoms with Crippen molar-refractivity contribution in [2.75, 3.05) is 0 Å². The molecular formula is C10H12N4O2. The first kappa shape index (κ1) is 10.4. The van der Waals surface area contributed by atoms with Gasteiger partial charge in [-0.05, 0) is 19.1 Å². The van der Waals surface area contributed by atoms with Crippen LogP contribution < -0.4 is 0 Å². The van der Waals surface area contributed by atoms with E-state index < -0.39 is 5.97 Å². The molecule has 84 valence electrons. The van der Waals surface area contributed by atoms with Gasteiger partial charge in [0.2, 0.25) is 0 Å². The third kappa shape index (κ3) is 1.95. The zero-order valence-corrected chi connectivity index (χ0v) is 9.08. The molecule has 0 bridgehead atoms. The number of aryl methyl sites for hydroxylation is 2. The Morgan fingerprint density at radius 3 is 2.75 bits per heavy atom. The quantitative estimate of drug-likeness (QED) is 0.825. The van der Waals surface area contributed by atoms with Crippen LogP contribution in [0.1, 0.15) is 21.9 Å². The van der Waals surface area contributed by atoms with Gasteiger partial charge >= 0.3 is 5.97 Å². The second kappa shape index (κ2) is 3.80. The van der Waals surface area contributed by atoms with Gasteiger partial charge in [0.05, 0.1) is 12.2 Å². The average Bonchev–Trinajstić information content (AvgIpc) is 2.75. The van der Waals surface area contributed by atoms with Gasteiger partial charge in [0.15, 0.2) is 5.69 Å². The van der Waals surface area contributed by atoms with Crippen molar-refractivity contribution in [3.63, 3.8) is 0 Å². The largest absolute Gasteiger partial charge is 0.476 e. The van der Waals surface area contributed by atoms with Gasteiger partial charge in [0.25, 0.3) is 0 Å². The minimum Gasteiger partial charge on any atom is -0.476 e. The van der Waals surface area contributed by atoms with Crippen molar-refractivity contribution in [1.82, 2.24) is 19.6 Å². The Kier molecular flexibility index (Phi) is 2.47. The van der Waals surface area contributed by atoms with Gasteiger partial charge in [-0.3, -0.25) is 9.36 Å². The normalized spacial score (nSPS) is 10.6. The highest BCUT2D eigenvalue weighted by atomic mass is 16.4. The first-order valence-electron chi connectivity index (χ1n) is 4.82. The molecule has 6 nitrogen and oxygen atoms in total. The summed E-state index contributed by atoms with van der Waals surface area (Å²) in [4.78, 5) is 10.7. The van der Waals surface area contributed by atoms with E-state index in [1.54, 1.807) is 15.4 Å². The van der Waals surface area contributed by atoms with Crippen molar-refractivity contribution in [2.45, 2.75) is 13.5 Å². The molecule has 0 radical (unpaired) electrons. The molecule has 16 heavy (non-hydrogen) atoms. The number of carbonyl (C=O) groups is 1. The van der Waals surface area contributed by atoms with Crippen molar-refractivity contribution in [3.8, 4) is 0 Å². The van der Waals surface area contributed by atoms with E-state index in [4.69, 9.17) is 5.11 Å². The molecule has 0 amide bonds. The lowest BCUT2D eigenvalue weighted by atomic mass is 10.3. The average molecular weight is 220 g/mol. The van der Waals surface area contributed by atoms with Crippen LogP contribution in [0.5, 0.6) is 0 Å². The number of hydrogen-bond acceptors (Lipinski definition) is 3. The molecule has 0 fully saturated rings. The second-order valence-electron chi connectivity index (χ2n) is 3.61. The molecule has 0 aliphatic heterocycles. The number of aromatic carboxylic acids is 1. The van der Waals surface area contributed by atoms with E-state index in [1.165, 1.54) is 0 Å². The summed E-state index contributed by atoms with van der Waals surface area (Å²) < 4.78 is 3.33. The third-order valence-electron chi connectivity index (χ3n) is 2.28. The predicted molar refractivity (Wildman–Crippen MR) is 56.2 cm³/mol. The molecule has 0 aliphatic rings. The molecule has 0 atom stereocenters. The highest BCUT2D eigenvalue weighted by Gasteiger charge is 2.11. The SMILES string of the molecule is Cc1cc(C(=O)O)nn1Cc1ccn(C)n1. The highest BCUT2D eigenvalue weighted by molar-refractivity contribution is 5.85. The molecule has 1 N–H and O–H groups in total. The topological polar surface area (TPSA) is 72.9 Å². The predicted octanol–water partition coefficient (Wildman–Crippen LogP) is 0.672. The number of nitrogens with zero attached hydrogens (tertiary/aromatic N) is 4. The third-order valence-corrected chi connectivity index (χ3v) is 2.28. The standard InChI is InChI=1S/C10H12N4O2/c1-7-5-9(10(15)16)12-14(7)6-8-3-4-13(2)11-8/h3-5H,6H2,1-2H3,(H,15,16). The van der Waals surface area contributed by atoms with Crippen LogP contribution in [0, 0.1) is 6.92 Å². The van der Waals surface area contributed by atoms with Gasteiger partial charge in [0, 0.05) is 18.9 Å². The van der Waals surface area contributed by atoms with Crippen LogP contribution in [0.2, 0.25) is 0 Å². The van der Waals surface area contributed by atoms with E-state index in [0.29, 0.717) is 6.54 Å². The zero-order chi connectivity index (χ0) is 11.7. The summed E-state index contributed by atoms with van der Waals surface area (Å²) in [7, 11) is 1.84. The number of carboxylic acid groups (broad SMARTS) is 1. The van der Waals surface area contributed by atoms with E-state index in [-0.39, 0.29) is 5.69 Å². The maximum absolute atomic E-state index is 10.7. The van der Waals surface area contributed by atoms with Gasteiger partial charge in [-0.15, -0.1) is 0 Å². The van der Waals surface area contributed by atoms with Crippen LogP contribution in [-0.4, -0.2) is 30.6 Å². The fraction of sp³-hybridized carbons (Fsp3) is 0.300. The van der Waals surface area contributed by atoms with Crippen LogP contribution in [0.4, 0.5) is 0 Å². The first-order valence-corrected chi connectivity index (χ1v) is 4.82. The molecule has 6 heteroatoms. The molecular weight excluding hydrogens is 208 g/mol. The summed E-state index contributed by atoms with van der Waals surface area (Å²) in [5, 5.41) is 17.0. The van der Waals surface area contributed by atoms with Crippen molar-refractivity contribution < 1.29 is 9.90 Å². The van der Waals surface area contributed by atoms with Gasteiger partial charge in [-0.25, -0.2) is 4.79 Å². The molecule has 2 aromatic rings. The highest BCUT2D eigenvalue weighted by Crippen LogP contribution is 2.06. The van der Waals surface area contributed by atoms with Crippen molar-refractivity contribution >= 4 is 5.97 Å². The summed E-state index contributed by atoms with van der Waals surface area (Å²) in [6.45, 7) is 2.31. The fourth-order valence-electron chi connectivity index (χ4n) is 1.48. The lowest BCUT2D eigenvalue weighted by Gasteiger charge is -2.00. The van der Waals surface area contributed by atoms with Crippen LogP contribution in [-0.2, 0) is 13.6 Å². The van der Waals surface area contributed by atoms with E-state index >= 15 is 0 Å². The number of carboxylic acids is 1. The molecule has 0 aliphatic carbocycles. The minimum absolute atomic E-state index is 0.0634. The van der Waals surface area contributed by atoms with E-state index in [9.17, 15) is 4.79 Å². The van der Waals surface area contributed by atoms with Crippen molar-refractivity contribution in [3.05, 3.63) is 35.4 Å². The Morgan fingerprint density at radius 1 is 1.50 bits per heavy atom. The van der Waals surface area contributed by atoms with Crippen LogP contribution >= 0.6 is 0 Å². The molecule has 2 aromatic heterocycles. The van der Waals surface area contributed by atoms with Gasteiger partial charge in [-0.1, -0.05) is 0 Å². The maximum atomic E-state index is 10.7. The summed E-state index contributed by atoms with van der Waals surface area (Å²) >= 11 is 0. The number of aromatic nitrogens is 4. The smallest absolute Gasteiger partial charge is 0.356 e. The Bertz CT molecular complexity index is 527. The lowest BCUT2D eigenvalue weighted by molar-refractivity contribution is 0.0689. The molecule has 0 aromatic carbocycles. The molecule has 2 rings (SSSR count). The summed E-state index contributed by atoms with van der Waals surface area (Å²) in [6.07, 6.45) is 1.84. The van der Waals surface area contributed by atoms with Crippen molar-refractivity contribution in [1.29, 1.82) is 0 Å². The molecule has 0 saturated carbocycles. The Labute approximate surface area is 92.1 Å². The van der Waals surface area contributed by atoms with E-state index in [2.05, 4.69) is 10.2 Å². The van der Waals surface area contributed by atoms with Crippen LogP contribution in [0.3, 0.4) is 0 Å². The Hall–Kier alpha value is -2.11. The fourth-order valence-corrected chi connectivity index (χ4v) is 1.48. The van der Waals surface area contributed by atoms with Crippen LogP contribution in [0.25, 0.3) is 0 Å². The van der Waals surface area contributed by atoms with Gasteiger partial charge in [0.1, 0.15) is 0 Å². The monoisotopic (exact) mass is 220 g/mol.